The zero-order chi connectivity index (χ0) is 14.7. The first-order valence-electron chi connectivity index (χ1n) is 5.63. The molecule has 0 aliphatic rings. The van der Waals surface area contributed by atoms with Crippen LogP contribution in [0, 0.1) is 10.1 Å². The zero-order valence-electron chi connectivity index (χ0n) is 10.1. The lowest BCUT2D eigenvalue weighted by Gasteiger charge is -2.10. The molecular formula is C13H10Cl2N2O3. The molecule has 0 amide bonds. The molecule has 0 aliphatic carbocycles. The van der Waals surface area contributed by atoms with Crippen LogP contribution in [0.5, 0.6) is 5.75 Å². The second-order valence-corrected chi connectivity index (χ2v) is 4.83. The summed E-state index contributed by atoms with van der Waals surface area (Å²) in [6, 6.07) is 9.19. The summed E-state index contributed by atoms with van der Waals surface area (Å²) in [5, 5.41) is 23.9. The minimum Gasteiger partial charge on any atom is -0.508 e. The summed E-state index contributed by atoms with van der Waals surface area (Å²) in [6.07, 6.45) is 0. The number of benzene rings is 2. The fourth-order valence-corrected chi connectivity index (χ4v) is 2.10. The van der Waals surface area contributed by atoms with E-state index in [0.717, 1.165) is 0 Å². The Morgan fingerprint density at radius 1 is 1.20 bits per heavy atom. The van der Waals surface area contributed by atoms with Gasteiger partial charge >= 0.3 is 0 Å². The van der Waals surface area contributed by atoms with Crippen LogP contribution in [0.4, 0.5) is 11.4 Å². The summed E-state index contributed by atoms with van der Waals surface area (Å²) < 4.78 is 0. The van der Waals surface area contributed by atoms with Crippen LogP contribution in [-0.4, -0.2) is 10.0 Å². The number of hydrogen-bond acceptors (Lipinski definition) is 4. The van der Waals surface area contributed by atoms with Crippen LogP contribution in [0.2, 0.25) is 10.0 Å². The van der Waals surface area contributed by atoms with Gasteiger partial charge in [0.05, 0.1) is 4.92 Å². The van der Waals surface area contributed by atoms with Crippen molar-refractivity contribution in [2.24, 2.45) is 0 Å². The highest BCUT2D eigenvalue weighted by Gasteiger charge is 2.13. The van der Waals surface area contributed by atoms with E-state index in [1.165, 1.54) is 18.2 Å². The van der Waals surface area contributed by atoms with Gasteiger partial charge in [-0.05, 0) is 24.3 Å². The molecule has 2 N–H and O–H groups in total. The van der Waals surface area contributed by atoms with Crippen LogP contribution in [-0.2, 0) is 6.54 Å². The molecule has 2 aromatic carbocycles. The second-order valence-electron chi connectivity index (χ2n) is 4.01. The van der Waals surface area contributed by atoms with E-state index in [-0.39, 0.29) is 23.0 Å². The summed E-state index contributed by atoms with van der Waals surface area (Å²) in [7, 11) is 0. The van der Waals surface area contributed by atoms with Gasteiger partial charge in [0.2, 0.25) is 0 Å². The predicted molar refractivity (Wildman–Crippen MR) is 78.5 cm³/mol. The number of nitrogens with one attached hydrogen (secondary N) is 1. The lowest BCUT2D eigenvalue weighted by molar-refractivity contribution is -0.384. The third-order valence-corrected chi connectivity index (χ3v) is 3.38. The van der Waals surface area contributed by atoms with E-state index in [0.29, 0.717) is 16.3 Å². The molecule has 0 atom stereocenters. The molecule has 0 saturated heterocycles. The fourth-order valence-electron chi connectivity index (χ4n) is 1.68. The van der Waals surface area contributed by atoms with E-state index in [1.807, 2.05) is 0 Å². The highest BCUT2D eigenvalue weighted by molar-refractivity contribution is 6.32. The molecule has 0 heterocycles. The first-order chi connectivity index (χ1) is 9.49. The highest BCUT2D eigenvalue weighted by Crippen LogP contribution is 2.29. The fraction of sp³-hybridized carbons (Fsp3) is 0.0769. The molecule has 0 saturated carbocycles. The van der Waals surface area contributed by atoms with Crippen molar-refractivity contribution in [2.75, 3.05) is 5.32 Å². The second kappa shape index (κ2) is 5.98. The van der Waals surface area contributed by atoms with Gasteiger partial charge in [0.1, 0.15) is 10.8 Å². The molecule has 104 valence electrons. The molecule has 20 heavy (non-hydrogen) atoms. The monoisotopic (exact) mass is 312 g/mol. The molecule has 2 aromatic rings. The molecule has 5 nitrogen and oxygen atoms in total. The molecule has 0 bridgehead atoms. The number of anilines is 1. The summed E-state index contributed by atoms with van der Waals surface area (Å²) in [5.74, 6) is 0.0634. The number of phenols is 1. The van der Waals surface area contributed by atoms with Crippen molar-refractivity contribution in [1.29, 1.82) is 0 Å². The van der Waals surface area contributed by atoms with Crippen LogP contribution >= 0.6 is 23.2 Å². The van der Waals surface area contributed by atoms with Crippen molar-refractivity contribution in [3.8, 4) is 5.75 Å². The maximum atomic E-state index is 10.8. The average molecular weight is 313 g/mol. The number of nitro groups is 1. The Morgan fingerprint density at radius 2 is 1.95 bits per heavy atom. The van der Waals surface area contributed by atoms with Crippen molar-refractivity contribution in [3.05, 3.63) is 62.1 Å². The molecule has 0 unspecified atom stereocenters. The lowest BCUT2D eigenvalue weighted by Crippen LogP contribution is -2.01. The van der Waals surface area contributed by atoms with Gasteiger partial charge in [0, 0.05) is 28.9 Å². The van der Waals surface area contributed by atoms with Crippen molar-refractivity contribution < 1.29 is 10.0 Å². The normalized spacial score (nSPS) is 10.3. The predicted octanol–water partition coefficient (Wildman–Crippen LogP) is 4.22. The van der Waals surface area contributed by atoms with Crippen LogP contribution in [0.1, 0.15) is 5.56 Å². The van der Waals surface area contributed by atoms with Gasteiger partial charge in [-0.2, -0.15) is 0 Å². The quantitative estimate of drug-likeness (QED) is 0.654. The Kier molecular flexibility index (Phi) is 4.32. The molecule has 7 heteroatoms. The molecule has 0 aromatic heterocycles. The number of rotatable bonds is 4. The van der Waals surface area contributed by atoms with Gasteiger partial charge < -0.3 is 10.4 Å². The molecular weight excluding hydrogens is 303 g/mol. The first-order valence-corrected chi connectivity index (χ1v) is 6.39. The van der Waals surface area contributed by atoms with Gasteiger partial charge in [-0.25, -0.2) is 0 Å². The standard InChI is InChI=1S/C13H10Cl2N2O3/c14-10-2-1-3-13(18)9(10)7-16-8-4-5-11(15)12(6-8)17(19)20/h1-6,16,18H,7H2. The lowest BCUT2D eigenvalue weighted by atomic mass is 10.2. The summed E-state index contributed by atoms with van der Waals surface area (Å²) >= 11 is 11.7. The number of nitrogens with zero attached hydrogens (tertiary/aromatic N) is 1. The van der Waals surface area contributed by atoms with Gasteiger partial charge in [-0.15, -0.1) is 0 Å². The third-order valence-electron chi connectivity index (χ3n) is 2.71. The third kappa shape index (κ3) is 3.12. The maximum Gasteiger partial charge on any atom is 0.289 e. The summed E-state index contributed by atoms with van der Waals surface area (Å²) in [4.78, 5) is 10.2. The Bertz CT molecular complexity index is 642. The Labute approximate surface area is 124 Å². The molecule has 2 rings (SSSR count). The van der Waals surface area contributed by atoms with Gasteiger partial charge in [-0.1, -0.05) is 29.3 Å². The highest BCUT2D eigenvalue weighted by atomic mass is 35.5. The largest absolute Gasteiger partial charge is 0.508 e. The van der Waals surface area contributed by atoms with Crippen molar-refractivity contribution >= 4 is 34.6 Å². The van der Waals surface area contributed by atoms with E-state index < -0.39 is 4.92 Å². The molecule has 0 spiro atoms. The summed E-state index contributed by atoms with van der Waals surface area (Å²) in [5.41, 5.74) is 0.854. The Morgan fingerprint density at radius 3 is 2.60 bits per heavy atom. The number of phenolic OH excluding ortho intramolecular Hbond substituents is 1. The van der Waals surface area contributed by atoms with E-state index in [9.17, 15) is 15.2 Å². The Balaban J connectivity index is 2.19. The molecule has 0 aliphatic heterocycles. The van der Waals surface area contributed by atoms with Crippen molar-refractivity contribution in [2.45, 2.75) is 6.54 Å². The summed E-state index contributed by atoms with van der Waals surface area (Å²) in [6.45, 7) is 0.240. The van der Waals surface area contributed by atoms with Crippen LogP contribution in [0.25, 0.3) is 0 Å². The molecule has 0 radical (unpaired) electrons. The van der Waals surface area contributed by atoms with Crippen LogP contribution < -0.4 is 5.32 Å². The SMILES string of the molecule is O=[N+]([O-])c1cc(NCc2c(O)cccc2Cl)ccc1Cl. The van der Waals surface area contributed by atoms with E-state index in [2.05, 4.69) is 5.32 Å². The number of halogens is 2. The van der Waals surface area contributed by atoms with E-state index >= 15 is 0 Å². The number of nitro benzene ring substituents is 1. The topological polar surface area (TPSA) is 75.4 Å². The minimum atomic E-state index is -0.555. The van der Waals surface area contributed by atoms with Crippen molar-refractivity contribution in [1.82, 2.24) is 0 Å². The Hall–Kier alpha value is -1.98. The zero-order valence-corrected chi connectivity index (χ0v) is 11.6. The number of hydrogen-bond donors (Lipinski definition) is 2. The average Bonchev–Trinajstić information content (AvgIpc) is 2.39. The molecule has 0 fully saturated rings. The van der Waals surface area contributed by atoms with Gasteiger partial charge in [0.25, 0.3) is 5.69 Å². The van der Waals surface area contributed by atoms with Gasteiger partial charge in [0.15, 0.2) is 0 Å². The minimum absolute atomic E-state index is 0.0634. The van der Waals surface area contributed by atoms with Gasteiger partial charge in [-0.3, -0.25) is 10.1 Å². The number of aromatic hydroxyl groups is 1. The van der Waals surface area contributed by atoms with Crippen LogP contribution in [0.15, 0.2) is 36.4 Å². The first kappa shape index (κ1) is 14.4. The van der Waals surface area contributed by atoms with Crippen LogP contribution in [0.3, 0.4) is 0 Å². The smallest absolute Gasteiger partial charge is 0.289 e. The van der Waals surface area contributed by atoms with E-state index in [1.54, 1.807) is 18.2 Å². The van der Waals surface area contributed by atoms with E-state index in [4.69, 9.17) is 23.2 Å². The van der Waals surface area contributed by atoms with Crippen molar-refractivity contribution in [3.63, 3.8) is 0 Å². The maximum absolute atomic E-state index is 10.8.